The number of rotatable bonds is 8. The lowest BCUT2D eigenvalue weighted by molar-refractivity contribution is -0.138. The van der Waals surface area contributed by atoms with Crippen molar-refractivity contribution in [2.75, 3.05) is 6.61 Å². The highest BCUT2D eigenvalue weighted by molar-refractivity contribution is 7.81. The number of carbonyl (C=O) groups is 2. The summed E-state index contributed by atoms with van der Waals surface area (Å²) in [5.41, 5.74) is 1.53. The first-order chi connectivity index (χ1) is 12.8. The van der Waals surface area contributed by atoms with Gasteiger partial charge in [0, 0.05) is 21.7 Å². The number of hydrogen-bond donors (Lipinski definition) is 2. The van der Waals surface area contributed by atoms with Gasteiger partial charge < -0.3 is 9.84 Å². The molecule has 0 radical (unpaired) electrons. The highest BCUT2D eigenvalue weighted by Gasteiger charge is 2.27. The van der Waals surface area contributed by atoms with Gasteiger partial charge in [0.15, 0.2) is 0 Å². The molecule has 0 saturated heterocycles. The summed E-state index contributed by atoms with van der Waals surface area (Å²) in [4.78, 5) is 23.9. The second-order valence-electron chi connectivity index (χ2n) is 6.00. The average Bonchev–Trinajstić information content (AvgIpc) is 2.64. The summed E-state index contributed by atoms with van der Waals surface area (Å²) in [5.74, 6) is -2.31. The van der Waals surface area contributed by atoms with Crippen molar-refractivity contribution in [2.24, 2.45) is 0 Å². The summed E-state index contributed by atoms with van der Waals surface area (Å²) in [7, 11) is 0. The van der Waals surface area contributed by atoms with Gasteiger partial charge in [-0.05, 0) is 41.8 Å². The maximum atomic E-state index is 12.3. The largest absolute Gasteiger partial charge is 0.481 e. The Bertz CT molecular complexity index is 805. The fourth-order valence-corrected chi connectivity index (χ4v) is 3.61. The first kappa shape index (κ1) is 21.6. The predicted molar refractivity (Wildman–Crippen MR) is 110 cm³/mol. The van der Waals surface area contributed by atoms with E-state index < -0.39 is 17.9 Å². The van der Waals surface area contributed by atoms with Gasteiger partial charge in [0.2, 0.25) is 0 Å². The van der Waals surface area contributed by atoms with Crippen LogP contribution in [0.4, 0.5) is 0 Å². The van der Waals surface area contributed by atoms with Crippen LogP contribution in [-0.4, -0.2) is 28.9 Å². The monoisotopic (exact) mass is 426 g/mol. The summed E-state index contributed by atoms with van der Waals surface area (Å²) >= 11 is 16.6. The van der Waals surface area contributed by atoms with Crippen molar-refractivity contribution in [3.8, 4) is 0 Å². The van der Waals surface area contributed by atoms with Gasteiger partial charge in [0.1, 0.15) is 0 Å². The highest BCUT2D eigenvalue weighted by Crippen LogP contribution is 2.27. The molecule has 0 aromatic heterocycles. The number of ether oxygens (including phenoxy) is 1. The molecule has 0 aliphatic heterocycles. The first-order valence-electron chi connectivity index (χ1n) is 8.46. The van der Waals surface area contributed by atoms with Crippen molar-refractivity contribution in [2.45, 2.75) is 30.9 Å². The highest BCUT2D eigenvalue weighted by atomic mass is 35.5. The molecular weight excluding hydrogens is 407 g/mol. The van der Waals surface area contributed by atoms with E-state index in [1.54, 1.807) is 42.5 Å². The molecule has 2 atom stereocenters. The fraction of sp³-hybridized carbons (Fsp3) is 0.300. The third-order valence-electron chi connectivity index (χ3n) is 4.20. The molecule has 0 saturated carbocycles. The smallest absolute Gasteiger partial charge is 0.338 e. The lowest BCUT2D eigenvalue weighted by Gasteiger charge is -2.19. The summed E-state index contributed by atoms with van der Waals surface area (Å²) < 4.78 is 5.30. The zero-order valence-electron chi connectivity index (χ0n) is 14.7. The molecule has 2 unspecified atom stereocenters. The predicted octanol–water partition coefficient (Wildman–Crippen LogP) is 5.27. The van der Waals surface area contributed by atoms with Crippen LogP contribution in [0.2, 0.25) is 10.0 Å². The third-order valence-corrected chi connectivity index (χ3v) is 5.57. The molecule has 0 aliphatic rings. The zero-order chi connectivity index (χ0) is 20.0. The lowest BCUT2D eigenvalue weighted by Crippen LogP contribution is -2.22. The van der Waals surface area contributed by atoms with Crippen molar-refractivity contribution < 1.29 is 19.4 Å². The van der Waals surface area contributed by atoms with Crippen LogP contribution in [0.1, 0.15) is 40.7 Å². The minimum Gasteiger partial charge on any atom is -0.481 e. The molecule has 0 heterocycles. The minimum absolute atomic E-state index is 0.110. The first-order valence-corrected chi connectivity index (χ1v) is 9.73. The SMILES string of the molecule is CCC(S)C(C(=O)O)c1cccc(C(=O)OCCc2c(Cl)cccc2Cl)c1. The van der Waals surface area contributed by atoms with Gasteiger partial charge in [-0.1, -0.05) is 48.3 Å². The van der Waals surface area contributed by atoms with Crippen molar-refractivity contribution >= 4 is 47.8 Å². The number of esters is 1. The van der Waals surface area contributed by atoms with Gasteiger partial charge in [-0.3, -0.25) is 4.79 Å². The molecular formula is C20H20Cl2O4S. The number of aliphatic carboxylic acids is 1. The van der Waals surface area contributed by atoms with Gasteiger partial charge >= 0.3 is 11.9 Å². The van der Waals surface area contributed by atoms with E-state index in [0.29, 0.717) is 39.6 Å². The molecule has 144 valence electrons. The molecule has 0 spiro atoms. The number of halogens is 2. The molecule has 2 aromatic carbocycles. The summed E-state index contributed by atoms with van der Waals surface area (Å²) in [6, 6.07) is 11.6. The molecule has 2 aromatic rings. The Balaban J connectivity index is 2.08. The van der Waals surface area contributed by atoms with Crippen molar-refractivity contribution in [1.29, 1.82) is 0 Å². The molecule has 7 heteroatoms. The third kappa shape index (κ3) is 5.64. The van der Waals surface area contributed by atoms with E-state index >= 15 is 0 Å². The number of carboxylic acid groups (broad SMARTS) is 1. The van der Waals surface area contributed by atoms with Crippen LogP contribution in [0.15, 0.2) is 42.5 Å². The maximum absolute atomic E-state index is 12.3. The molecule has 2 rings (SSSR count). The summed E-state index contributed by atoms with van der Waals surface area (Å²) in [6.45, 7) is 1.98. The Labute approximate surface area is 173 Å². The zero-order valence-corrected chi connectivity index (χ0v) is 17.1. The Kier molecular flexibility index (Phi) is 8.02. The van der Waals surface area contributed by atoms with E-state index in [1.165, 1.54) is 0 Å². The number of hydrogen-bond acceptors (Lipinski definition) is 4. The number of carboxylic acids is 1. The topological polar surface area (TPSA) is 63.6 Å². The molecule has 1 N–H and O–H groups in total. The maximum Gasteiger partial charge on any atom is 0.338 e. The molecule has 4 nitrogen and oxygen atoms in total. The Hall–Kier alpha value is -1.69. The quantitative estimate of drug-likeness (QED) is 0.445. The summed E-state index contributed by atoms with van der Waals surface area (Å²) in [6.07, 6.45) is 0.976. The van der Waals surface area contributed by atoms with Gasteiger partial charge in [-0.15, -0.1) is 0 Å². The van der Waals surface area contributed by atoms with E-state index in [-0.39, 0.29) is 11.9 Å². The molecule has 0 bridgehead atoms. The normalized spacial score (nSPS) is 13.0. The van der Waals surface area contributed by atoms with Crippen LogP contribution in [0, 0.1) is 0 Å². The van der Waals surface area contributed by atoms with E-state index in [4.69, 9.17) is 27.9 Å². The molecule has 0 fully saturated rings. The van der Waals surface area contributed by atoms with Gasteiger partial charge in [-0.2, -0.15) is 12.6 Å². The van der Waals surface area contributed by atoms with Crippen LogP contribution in [-0.2, 0) is 16.0 Å². The van der Waals surface area contributed by atoms with Crippen LogP contribution >= 0.6 is 35.8 Å². The minimum atomic E-state index is -0.976. The number of carbonyl (C=O) groups excluding carboxylic acids is 1. The van der Waals surface area contributed by atoms with E-state index in [0.717, 1.165) is 0 Å². The van der Waals surface area contributed by atoms with Gasteiger partial charge in [-0.25, -0.2) is 4.79 Å². The molecule has 0 aliphatic carbocycles. The van der Waals surface area contributed by atoms with Crippen LogP contribution in [0.3, 0.4) is 0 Å². The van der Waals surface area contributed by atoms with Crippen LogP contribution in [0.5, 0.6) is 0 Å². The lowest BCUT2D eigenvalue weighted by atomic mass is 9.93. The second-order valence-corrected chi connectivity index (χ2v) is 7.48. The Morgan fingerprint density at radius 2 is 1.78 bits per heavy atom. The second kappa shape index (κ2) is 10.0. The Morgan fingerprint density at radius 1 is 1.15 bits per heavy atom. The van der Waals surface area contributed by atoms with Crippen LogP contribution < -0.4 is 0 Å². The Morgan fingerprint density at radius 3 is 2.37 bits per heavy atom. The van der Waals surface area contributed by atoms with E-state index in [1.807, 2.05) is 6.92 Å². The number of thiol groups is 1. The van der Waals surface area contributed by atoms with Gasteiger partial charge in [0.25, 0.3) is 0 Å². The van der Waals surface area contributed by atoms with Gasteiger partial charge in [0.05, 0.1) is 18.1 Å². The molecule has 0 amide bonds. The standard InChI is InChI=1S/C20H20Cl2O4S/c1-2-17(27)18(19(23)24)12-5-3-6-13(11-12)20(25)26-10-9-14-15(21)7-4-8-16(14)22/h3-8,11,17-18,27H,2,9-10H2,1H3,(H,23,24). The van der Waals surface area contributed by atoms with E-state index in [2.05, 4.69) is 12.6 Å². The fourth-order valence-electron chi connectivity index (χ4n) is 2.72. The van der Waals surface area contributed by atoms with Crippen molar-refractivity contribution in [1.82, 2.24) is 0 Å². The van der Waals surface area contributed by atoms with Crippen molar-refractivity contribution in [3.63, 3.8) is 0 Å². The van der Waals surface area contributed by atoms with Crippen molar-refractivity contribution in [3.05, 3.63) is 69.2 Å². The summed E-state index contributed by atoms with van der Waals surface area (Å²) in [5, 5.41) is 10.2. The average molecular weight is 427 g/mol. The number of benzene rings is 2. The molecule has 27 heavy (non-hydrogen) atoms. The van der Waals surface area contributed by atoms with E-state index in [9.17, 15) is 14.7 Å². The van der Waals surface area contributed by atoms with Crippen LogP contribution in [0.25, 0.3) is 0 Å².